The standard InChI is InChI=1S/C11H10F5NO/c12-9-3-1-2-7(10(9)13)4-8(18)5-17-6-11(14,15)16/h1-3,17H,4-6H2. The van der Waals surface area contributed by atoms with Crippen LogP contribution in [0, 0.1) is 11.6 Å². The van der Waals surface area contributed by atoms with E-state index in [1.54, 1.807) is 0 Å². The van der Waals surface area contributed by atoms with E-state index in [9.17, 15) is 26.7 Å². The molecule has 0 aromatic heterocycles. The number of halogens is 5. The molecule has 18 heavy (non-hydrogen) atoms. The number of ketones is 1. The van der Waals surface area contributed by atoms with Crippen molar-refractivity contribution in [3.8, 4) is 0 Å². The Morgan fingerprint density at radius 2 is 1.89 bits per heavy atom. The number of carbonyl (C=O) groups excluding carboxylic acids is 1. The van der Waals surface area contributed by atoms with Crippen LogP contribution in [0.4, 0.5) is 22.0 Å². The van der Waals surface area contributed by atoms with Crippen LogP contribution in [0.3, 0.4) is 0 Å². The van der Waals surface area contributed by atoms with Gasteiger partial charge in [-0.3, -0.25) is 4.79 Å². The molecule has 0 heterocycles. The Kier molecular flexibility index (Phi) is 4.77. The summed E-state index contributed by atoms with van der Waals surface area (Å²) in [5, 5.41) is 1.89. The van der Waals surface area contributed by atoms with E-state index in [2.05, 4.69) is 0 Å². The lowest BCUT2D eigenvalue weighted by molar-refractivity contribution is -0.127. The first kappa shape index (κ1) is 14.6. The number of benzene rings is 1. The normalized spacial score (nSPS) is 11.6. The Morgan fingerprint density at radius 1 is 1.22 bits per heavy atom. The average Bonchev–Trinajstić information content (AvgIpc) is 2.23. The third kappa shape index (κ3) is 4.79. The van der Waals surface area contributed by atoms with Gasteiger partial charge in [0.1, 0.15) is 0 Å². The number of hydrogen-bond acceptors (Lipinski definition) is 2. The summed E-state index contributed by atoms with van der Waals surface area (Å²) in [4.78, 5) is 11.2. The lowest BCUT2D eigenvalue weighted by Crippen LogP contribution is -2.33. The summed E-state index contributed by atoms with van der Waals surface area (Å²) in [6.45, 7) is -1.85. The summed E-state index contributed by atoms with van der Waals surface area (Å²) in [6.07, 6.45) is -4.86. The largest absolute Gasteiger partial charge is 0.401 e. The van der Waals surface area contributed by atoms with Gasteiger partial charge in [-0.25, -0.2) is 8.78 Å². The number of carbonyl (C=O) groups is 1. The highest BCUT2D eigenvalue weighted by molar-refractivity contribution is 5.82. The lowest BCUT2D eigenvalue weighted by atomic mass is 10.1. The van der Waals surface area contributed by atoms with Crippen molar-refractivity contribution < 1.29 is 26.7 Å². The van der Waals surface area contributed by atoms with Crippen LogP contribution in [0.2, 0.25) is 0 Å². The van der Waals surface area contributed by atoms with Gasteiger partial charge in [-0.2, -0.15) is 13.2 Å². The number of Topliss-reactive ketones (excluding diaryl/α,β-unsaturated/α-hetero) is 1. The van der Waals surface area contributed by atoms with Crippen molar-refractivity contribution in [1.29, 1.82) is 0 Å². The van der Waals surface area contributed by atoms with E-state index in [1.807, 2.05) is 5.32 Å². The van der Waals surface area contributed by atoms with Gasteiger partial charge in [-0.1, -0.05) is 12.1 Å². The van der Waals surface area contributed by atoms with Crippen molar-refractivity contribution >= 4 is 5.78 Å². The SMILES string of the molecule is O=C(CNCC(F)(F)F)Cc1cccc(F)c1F. The Balaban J connectivity index is 2.48. The molecule has 1 aromatic carbocycles. The summed E-state index contributed by atoms with van der Waals surface area (Å²) in [6, 6.07) is 3.33. The molecule has 0 saturated carbocycles. The lowest BCUT2D eigenvalue weighted by Gasteiger charge is -2.08. The van der Waals surface area contributed by atoms with E-state index in [-0.39, 0.29) is 5.56 Å². The molecule has 7 heteroatoms. The van der Waals surface area contributed by atoms with Crippen LogP contribution in [0.1, 0.15) is 5.56 Å². The fraction of sp³-hybridized carbons (Fsp3) is 0.364. The molecule has 0 aliphatic rings. The van der Waals surface area contributed by atoms with Crippen molar-refractivity contribution in [2.75, 3.05) is 13.1 Å². The highest BCUT2D eigenvalue weighted by Crippen LogP contribution is 2.13. The zero-order chi connectivity index (χ0) is 13.8. The number of alkyl halides is 3. The fourth-order valence-corrected chi connectivity index (χ4v) is 1.30. The Hall–Kier alpha value is -1.50. The van der Waals surface area contributed by atoms with Crippen molar-refractivity contribution in [2.24, 2.45) is 0 Å². The summed E-state index contributed by atoms with van der Waals surface area (Å²) in [5.41, 5.74) is -0.172. The second-order valence-corrected chi connectivity index (χ2v) is 3.65. The average molecular weight is 267 g/mol. The molecule has 100 valence electrons. The molecule has 1 aromatic rings. The molecule has 0 spiro atoms. The first-order valence-electron chi connectivity index (χ1n) is 5.01. The van der Waals surface area contributed by atoms with Gasteiger partial charge in [0.05, 0.1) is 13.1 Å². The maximum Gasteiger partial charge on any atom is 0.401 e. The molecule has 1 rings (SSSR count). The quantitative estimate of drug-likeness (QED) is 0.829. The molecule has 0 aliphatic heterocycles. The van der Waals surface area contributed by atoms with Crippen molar-refractivity contribution in [2.45, 2.75) is 12.6 Å². The van der Waals surface area contributed by atoms with E-state index in [0.717, 1.165) is 6.07 Å². The van der Waals surface area contributed by atoms with Crippen LogP contribution in [0.15, 0.2) is 18.2 Å². The summed E-state index contributed by atoms with van der Waals surface area (Å²) >= 11 is 0. The minimum Gasteiger partial charge on any atom is -0.302 e. The van der Waals surface area contributed by atoms with Gasteiger partial charge >= 0.3 is 6.18 Å². The minimum atomic E-state index is -4.41. The van der Waals surface area contributed by atoms with Crippen LogP contribution in [-0.4, -0.2) is 25.0 Å². The molecule has 0 amide bonds. The number of rotatable bonds is 5. The smallest absolute Gasteiger partial charge is 0.302 e. The van der Waals surface area contributed by atoms with Crippen LogP contribution in [0.25, 0.3) is 0 Å². The first-order chi connectivity index (χ1) is 8.29. The second kappa shape index (κ2) is 5.90. The number of nitrogens with one attached hydrogen (secondary N) is 1. The van der Waals surface area contributed by atoms with Crippen molar-refractivity contribution in [1.82, 2.24) is 5.32 Å². The zero-order valence-corrected chi connectivity index (χ0v) is 9.15. The molecule has 0 atom stereocenters. The maximum absolute atomic E-state index is 13.1. The monoisotopic (exact) mass is 267 g/mol. The summed E-state index contributed by atoms with van der Waals surface area (Å²) in [7, 11) is 0. The second-order valence-electron chi connectivity index (χ2n) is 3.65. The van der Waals surface area contributed by atoms with Crippen molar-refractivity contribution in [3.63, 3.8) is 0 Å². The van der Waals surface area contributed by atoms with Crippen LogP contribution in [0.5, 0.6) is 0 Å². The van der Waals surface area contributed by atoms with Gasteiger partial charge in [-0.15, -0.1) is 0 Å². The van der Waals surface area contributed by atoms with Crippen LogP contribution in [-0.2, 0) is 11.2 Å². The van der Waals surface area contributed by atoms with E-state index >= 15 is 0 Å². The Labute approximate surface area is 99.8 Å². The van der Waals surface area contributed by atoms with Gasteiger partial charge in [0.15, 0.2) is 17.4 Å². The third-order valence-electron chi connectivity index (χ3n) is 2.07. The van der Waals surface area contributed by atoms with E-state index in [4.69, 9.17) is 0 Å². The van der Waals surface area contributed by atoms with Gasteiger partial charge in [0, 0.05) is 6.42 Å². The zero-order valence-electron chi connectivity index (χ0n) is 9.15. The van der Waals surface area contributed by atoms with Crippen molar-refractivity contribution in [3.05, 3.63) is 35.4 Å². The molecule has 0 saturated heterocycles. The highest BCUT2D eigenvalue weighted by Gasteiger charge is 2.26. The predicted octanol–water partition coefficient (Wildman–Crippen LogP) is 2.23. The first-order valence-corrected chi connectivity index (χ1v) is 5.01. The molecule has 0 fully saturated rings. The summed E-state index contributed by atoms with van der Waals surface area (Å²) in [5.74, 6) is -2.89. The molecule has 0 aliphatic carbocycles. The van der Waals surface area contributed by atoms with Crippen LogP contribution >= 0.6 is 0 Å². The fourth-order valence-electron chi connectivity index (χ4n) is 1.30. The van der Waals surface area contributed by atoms with Gasteiger partial charge in [0.25, 0.3) is 0 Å². The van der Waals surface area contributed by atoms with Gasteiger partial charge in [-0.05, 0) is 11.6 Å². The molecular weight excluding hydrogens is 257 g/mol. The maximum atomic E-state index is 13.1. The van der Waals surface area contributed by atoms with E-state index < -0.39 is 43.1 Å². The topological polar surface area (TPSA) is 29.1 Å². The van der Waals surface area contributed by atoms with Crippen LogP contribution < -0.4 is 5.32 Å². The van der Waals surface area contributed by atoms with Gasteiger partial charge in [0.2, 0.25) is 0 Å². The van der Waals surface area contributed by atoms with E-state index in [0.29, 0.717) is 0 Å². The minimum absolute atomic E-state index is 0.172. The predicted molar refractivity (Wildman–Crippen MR) is 54.0 cm³/mol. The third-order valence-corrected chi connectivity index (χ3v) is 2.07. The molecule has 0 bridgehead atoms. The molecule has 0 unspecified atom stereocenters. The Bertz CT molecular complexity index is 430. The number of hydrogen-bond donors (Lipinski definition) is 1. The molecule has 2 nitrogen and oxygen atoms in total. The van der Waals surface area contributed by atoms with E-state index in [1.165, 1.54) is 12.1 Å². The highest BCUT2D eigenvalue weighted by atomic mass is 19.4. The Morgan fingerprint density at radius 3 is 2.50 bits per heavy atom. The molecular formula is C11H10F5NO. The van der Waals surface area contributed by atoms with Gasteiger partial charge < -0.3 is 5.32 Å². The molecule has 1 N–H and O–H groups in total. The molecule has 0 radical (unpaired) electrons. The summed E-state index contributed by atoms with van der Waals surface area (Å²) < 4.78 is 61.2.